The molecule has 0 saturated carbocycles. The maximum Gasteiger partial charge on any atom is 0.0992 e. The molecular formula is C12H16N2S. The van der Waals surface area contributed by atoms with Crippen LogP contribution in [0.1, 0.15) is 19.4 Å². The van der Waals surface area contributed by atoms with Gasteiger partial charge in [-0.25, -0.2) is 0 Å². The smallest absolute Gasteiger partial charge is 0.0992 e. The topological polar surface area (TPSA) is 35.8 Å². The maximum absolute atomic E-state index is 8.76. The molecule has 0 bridgehead atoms. The maximum atomic E-state index is 8.76. The van der Waals surface area contributed by atoms with Crippen molar-refractivity contribution in [3.8, 4) is 6.07 Å². The molecule has 1 N–H and O–H groups in total. The number of hydrogen-bond acceptors (Lipinski definition) is 3. The van der Waals surface area contributed by atoms with Gasteiger partial charge in [0.1, 0.15) is 0 Å². The van der Waals surface area contributed by atoms with Gasteiger partial charge in [-0.1, -0.05) is 13.0 Å². The number of rotatable bonds is 5. The van der Waals surface area contributed by atoms with Gasteiger partial charge in [0.2, 0.25) is 0 Å². The average Bonchev–Trinajstić information content (AvgIpc) is 2.26. The number of anilines is 1. The molecular weight excluding hydrogens is 204 g/mol. The third-order valence-corrected chi connectivity index (χ3v) is 3.12. The van der Waals surface area contributed by atoms with E-state index in [-0.39, 0.29) is 0 Å². The molecule has 80 valence electrons. The van der Waals surface area contributed by atoms with Crippen LogP contribution >= 0.6 is 11.8 Å². The summed E-state index contributed by atoms with van der Waals surface area (Å²) in [4.78, 5) is 0. The Morgan fingerprint density at radius 2 is 2.33 bits per heavy atom. The molecule has 0 aliphatic rings. The highest BCUT2D eigenvalue weighted by atomic mass is 32.2. The Hall–Kier alpha value is -1.14. The summed E-state index contributed by atoms with van der Waals surface area (Å²) in [5.74, 6) is 2.23. The van der Waals surface area contributed by atoms with Crippen LogP contribution in [0.5, 0.6) is 0 Å². The van der Waals surface area contributed by atoms with E-state index in [9.17, 15) is 0 Å². The fourth-order valence-corrected chi connectivity index (χ4v) is 1.97. The van der Waals surface area contributed by atoms with Crippen molar-refractivity contribution in [2.24, 2.45) is 0 Å². The minimum Gasteiger partial charge on any atom is -0.382 e. The first kappa shape index (κ1) is 11.9. The number of nitriles is 1. The highest BCUT2D eigenvalue weighted by molar-refractivity contribution is 7.99. The zero-order chi connectivity index (χ0) is 11.1. The van der Waals surface area contributed by atoms with E-state index in [0.29, 0.717) is 11.6 Å². The van der Waals surface area contributed by atoms with Crippen molar-refractivity contribution in [2.75, 3.05) is 16.8 Å². The van der Waals surface area contributed by atoms with Crippen molar-refractivity contribution < 1.29 is 0 Å². The molecule has 0 amide bonds. The first-order chi connectivity index (χ1) is 7.26. The van der Waals surface area contributed by atoms with Crippen molar-refractivity contribution in [1.82, 2.24) is 0 Å². The lowest BCUT2D eigenvalue weighted by atomic mass is 10.2. The molecule has 2 nitrogen and oxygen atoms in total. The third kappa shape index (κ3) is 4.26. The van der Waals surface area contributed by atoms with Crippen LogP contribution in [0, 0.1) is 11.3 Å². The van der Waals surface area contributed by atoms with Crippen LogP contribution in [-0.2, 0) is 0 Å². The summed E-state index contributed by atoms with van der Waals surface area (Å²) < 4.78 is 0. The quantitative estimate of drug-likeness (QED) is 0.828. The van der Waals surface area contributed by atoms with E-state index in [1.165, 1.54) is 0 Å². The molecule has 0 heterocycles. The van der Waals surface area contributed by atoms with E-state index in [2.05, 4.69) is 25.2 Å². The highest BCUT2D eigenvalue weighted by Gasteiger charge is 2.01. The van der Waals surface area contributed by atoms with Crippen LogP contribution in [0.2, 0.25) is 0 Å². The van der Waals surface area contributed by atoms with Gasteiger partial charge in [-0.2, -0.15) is 17.0 Å². The van der Waals surface area contributed by atoms with Gasteiger partial charge < -0.3 is 5.32 Å². The molecule has 3 heteroatoms. The van der Waals surface area contributed by atoms with E-state index >= 15 is 0 Å². The largest absolute Gasteiger partial charge is 0.382 e. The van der Waals surface area contributed by atoms with Crippen molar-refractivity contribution in [1.29, 1.82) is 5.26 Å². The van der Waals surface area contributed by atoms with Crippen molar-refractivity contribution in [2.45, 2.75) is 19.9 Å². The van der Waals surface area contributed by atoms with Gasteiger partial charge in [-0.05, 0) is 30.9 Å². The Kier molecular flexibility index (Phi) is 5.06. The summed E-state index contributed by atoms with van der Waals surface area (Å²) in [6.45, 7) is 4.31. The van der Waals surface area contributed by atoms with Gasteiger partial charge in [0.05, 0.1) is 11.6 Å². The van der Waals surface area contributed by atoms with Crippen LogP contribution in [-0.4, -0.2) is 17.5 Å². The number of nitrogens with zero attached hydrogens (tertiary/aromatic N) is 1. The summed E-state index contributed by atoms with van der Waals surface area (Å²) in [6, 6.07) is 10.2. The fourth-order valence-electron chi connectivity index (χ4n) is 1.30. The van der Waals surface area contributed by atoms with Crippen LogP contribution in [0.3, 0.4) is 0 Å². The van der Waals surface area contributed by atoms with E-state index in [4.69, 9.17) is 5.26 Å². The van der Waals surface area contributed by atoms with Gasteiger partial charge in [0, 0.05) is 17.5 Å². The summed E-state index contributed by atoms with van der Waals surface area (Å²) >= 11 is 1.92. The van der Waals surface area contributed by atoms with E-state index in [1.54, 1.807) is 0 Å². The normalized spacial score (nSPS) is 11.8. The standard InChI is InChI=1S/C12H16N2S/c1-3-15-9-10(2)14-12-6-4-5-11(7-12)8-13/h4-7,10,14H,3,9H2,1-2H3. The summed E-state index contributed by atoms with van der Waals surface area (Å²) in [7, 11) is 0. The number of benzene rings is 1. The SMILES string of the molecule is CCSCC(C)Nc1cccc(C#N)c1. The first-order valence-electron chi connectivity index (χ1n) is 5.10. The molecule has 1 rings (SSSR count). The third-order valence-electron chi connectivity index (χ3n) is 1.98. The monoisotopic (exact) mass is 220 g/mol. The molecule has 0 spiro atoms. The van der Waals surface area contributed by atoms with Crippen LogP contribution < -0.4 is 5.32 Å². The number of hydrogen-bond donors (Lipinski definition) is 1. The van der Waals surface area contributed by atoms with Crippen molar-refractivity contribution in [3.05, 3.63) is 29.8 Å². The summed E-state index contributed by atoms with van der Waals surface area (Å²) in [5, 5.41) is 12.1. The molecule has 0 fully saturated rings. The molecule has 0 aliphatic heterocycles. The van der Waals surface area contributed by atoms with Gasteiger partial charge in [0.25, 0.3) is 0 Å². The van der Waals surface area contributed by atoms with Crippen LogP contribution in [0.15, 0.2) is 24.3 Å². The lowest BCUT2D eigenvalue weighted by Crippen LogP contribution is -2.17. The predicted octanol–water partition coefficient (Wildman–Crippen LogP) is 3.11. The van der Waals surface area contributed by atoms with Gasteiger partial charge in [-0.3, -0.25) is 0 Å². The molecule has 0 radical (unpaired) electrons. The van der Waals surface area contributed by atoms with Crippen molar-refractivity contribution in [3.63, 3.8) is 0 Å². The van der Waals surface area contributed by atoms with E-state index in [0.717, 1.165) is 17.2 Å². The van der Waals surface area contributed by atoms with Crippen molar-refractivity contribution >= 4 is 17.4 Å². The minimum atomic E-state index is 0.434. The fraction of sp³-hybridized carbons (Fsp3) is 0.417. The molecule has 0 aromatic heterocycles. The lowest BCUT2D eigenvalue weighted by molar-refractivity contribution is 0.913. The lowest BCUT2D eigenvalue weighted by Gasteiger charge is -2.14. The molecule has 1 aromatic carbocycles. The molecule has 0 saturated heterocycles. The predicted molar refractivity (Wildman–Crippen MR) is 67.2 cm³/mol. The first-order valence-corrected chi connectivity index (χ1v) is 6.26. The van der Waals surface area contributed by atoms with Gasteiger partial charge in [0.15, 0.2) is 0 Å². The molecule has 1 unspecified atom stereocenters. The Bertz CT molecular complexity index is 344. The summed E-state index contributed by atoms with van der Waals surface area (Å²) in [5.41, 5.74) is 1.73. The molecule has 0 aliphatic carbocycles. The number of thioether (sulfide) groups is 1. The Morgan fingerprint density at radius 3 is 3.00 bits per heavy atom. The minimum absolute atomic E-state index is 0.434. The van der Waals surface area contributed by atoms with E-state index in [1.807, 2.05) is 36.0 Å². The second kappa shape index (κ2) is 6.36. The zero-order valence-corrected chi connectivity index (χ0v) is 9.97. The Morgan fingerprint density at radius 1 is 1.53 bits per heavy atom. The molecule has 1 atom stereocenters. The molecule has 15 heavy (non-hydrogen) atoms. The Balaban J connectivity index is 2.53. The van der Waals surface area contributed by atoms with Gasteiger partial charge >= 0.3 is 0 Å². The second-order valence-corrected chi connectivity index (χ2v) is 4.72. The molecule has 1 aromatic rings. The van der Waals surface area contributed by atoms with Gasteiger partial charge in [-0.15, -0.1) is 0 Å². The van der Waals surface area contributed by atoms with Crippen LogP contribution in [0.4, 0.5) is 5.69 Å². The average molecular weight is 220 g/mol. The number of nitrogens with one attached hydrogen (secondary N) is 1. The second-order valence-electron chi connectivity index (χ2n) is 3.40. The Labute approximate surface area is 95.7 Å². The zero-order valence-electron chi connectivity index (χ0n) is 9.16. The van der Waals surface area contributed by atoms with Crippen LogP contribution in [0.25, 0.3) is 0 Å². The summed E-state index contributed by atoms with van der Waals surface area (Å²) in [6.07, 6.45) is 0. The van der Waals surface area contributed by atoms with E-state index < -0.39 is 0 Å². The highest BCUT2D eigenvalue weighted by Crippen LogP contribution is 2.12.